The van der Waals surface area contributed by atoms with E-state index in [4.69, 9.17) is 9.47 Å². The van der Waals surface area contributed by atoms with Gasteiger partial charge in [-0.3, -0.25) is 9.59 Å². The van der Waals surface area contributed by atoms with Crippen LogP contribution in [0.5, 0.6) is 0 Å². The summed E-state index contributed by atoms with van der Waals surface area (Å²) >= 11 is 0. The van der Waals surface area contributed by atoms with Crippen LogP contribution in [0.3, 0.4) is 0 Å². The van der Waals surface area contributed by atoms with Crippen molar-refractivity contribution in [2.24, 2.45) is 11.8 Å². The molecule has 0 aliphatic heterocycles. The Kier molecular flexibility index (Phi) is 8.37. The van der Waals surface area contributed by atoms with Crippen LogP contribution in [0.1, 0.15) is 40.5 Å². The Morgan fingerprint density at radius 3 is 2.11 bits per heavy atom. The first-order valence-electron chi connectivity index (χ1n) is 6.33. The molecule has 106 valence electrons. The highest BCUT2D eigenvalue weighted by Gasteiger charge is 2.29. The van der Waals surface area contributed by atoms with Crippen LogP contribution in [0.2, 0.25) is 0 Å². The van der Waals surface area contributed by atoms with E-state index >= 15 is 0 Å². The minimum atomic E-state index is -0.587. The number of carbonyl (C=O) groups excluding carboxylic acids is 2. The highest BCUT2D eigenvalue weighted by Crippen LogP contribution is 2.15. The second-order valence-electron chi connectivity index (χ2n) is 4.33. The van der Waals surface area contributed by atoms with E-state index in [9.17, 15) is 9.59 Å². The van der Waals surface area contributed by atoms with E-state index in [1.807, 2.05) is 0 Å². The first-order chi connectivity index (χ1) is 8.43. The minimum absolute atomic E-state index is 0.418. The number of esters is 2. The number of hydrogen-bond acceptors (Lipinski definition) is 5. The van der Waals surface area contributed by atoms with Crippen molar-refractivity contribution in [1.29, 1.82) is 0 Å². The maximum Gasteiger partial charge on any atom is 0.311 e. The number of hydrogen-bond donors (Lipinski definition) is 0. The Hall–Kier alpha value is -1.10. The molecule has 0 saturated carbocycles. The molecule has 0 aliphatic carbocycles. The third-order valence-corrected chi connectivity index (χ3v) is 2.83. The van der Waals surface area contributed by atoms with Gasteiger partial charge in [0.15, 0.2) is 6.29 Å². The van der Waals surface area contributed by atoms with Crippen molar-refractivity contribution in [3.05, 3.63) is 0 Å². The summed E-state index contributed by atoms with van der Waals surface area (Å²) in [5.74, 6) is -1.93. The van der Waals surface area contributed by atoms with E-state index in [0.717, 1.165) is 12.8 Å². The molecule has 3 unspecified atom stereocenters. The second kappa shape index (κ2) is 8.91. The maximum absolute atomic E-state index is 11.7. The van der Waals surface area contributed by atoms with Gasteiger partial charge >= 0.3 is 11.9 Å². The van der Waals surface area contributed by atoms with Crippen LogP contribution in [0.25, 0.3) is 0 Å². The summed E-state index contributed by atoms with van der Waals surface area (Å²) in [5, 5.41) is 0. The van der Waals surface area contributed by atoms with Gasteiger partial charge in [-0.2, -0.15) is 0 Å². The fourth-order valence-electron chi connectivity index (χ4n) is 1.29. The quantitative estimate of drug-likeness (QED) is 0.380. The third kappa shape index (κ3) is 6.00. The van der Waals surface area contributed by atoms with Crippen LogP contribution in [0.15, 0.2) is 0 Å². The predicted molar refractivity (Wildman–Crippen MR) is 66.8 cm³/mol. The zero-order chi connectivity index (χ0) is 14.1. The molecule has 0 heterocycles. The molecule has 0 aromatic carbocycles. The zero-order valence-electron chi connectivity index (χ0n) is 11.9. The van der Waals surface area contributed by atoms with Gasteiger partial charge in [0.2, 0.25) is 0 Å². The SMILES string of the molecule is CCCCOC(C)OC(=O)C(C)C(C)C(=O)OC. The average molecular weight is 260 g/mol. The van der Waals surface area contributed by atoms with Crippen LogP contribution in [-0.2, 0) is 23.8 Å². The smallest absolute Gasteiger partial charge is 0.311 e. The summed E-state index contributed by atoms with van der Waals surface area (Å²) < 4.78 is 15.0. The molecule has 3 atom stereocenters. The van der Waals surface area contributed by atoms with Crippen molar-refractivity contribution in [3.8, 4) is 0 Å². The molecule has 0 rings (SSSR count). The molecular formula is C13H24O5. The van der Waals surface area contributed by atoms with Crippen molar-refractivity contribution in [2.75, 3.05) is 13.7 Å². The Bertz CT molecular complexity index is 264. The predicted octanol–water partition coefficient (Wildman–Crippen LogP) is 2.14. The molecule has 0 spiro atoms. The normalized spacial score (nSPS) is 15.6. The number of rotatable bonds is 8. The van der Waals surface area contributed by atoms with E-state index in [1.165, 1.54) is 7.11 Å². The molecule has 0 saturated heterocycles. The number of ether oxygens (including phenoxy) is 3. The standard InChI is InChI=1S/C13H24O5/c1-6-7-8-17-11(4)18-13(15)10(3)9(2)12(14)16-5/h9-11H,6-8H2,1-5H3. The largest absolute Gasteiger partial charge is 0.469 e. The van der Waals surface area contributed by atoms with Gasteiger partial charge in [0, 0.05) is 0 Å². The molecule has 5 heteroatoms. The van der Waals surface area contributed by atoms with E-state index in [2.05, 4.69) is 11.7 Å². The van der Waals surface area contributed by atoms with Crippen LogP contribution in [0, 0.1) is 11.8 Å². The Morgan fingerprint density at radius 1 is 1.06 bits per heavy atom. The summed E-state index contributed by atoms with van der Waals surface area (Å²) in [6.07, 6.45) is 1.36. The van der Waals surface area contributed by atoms with Gasteiger partial charge in [-0.25, -0.2) is 0 Å². The lowest BCUT2D eigenvalue weighted by molar-refractivity contribution is -0.182. The topological polar surface area (TPSA) is 61.8 Å². The van der Waals surface area contributed by atoms with Gasteiger partial charge < -0.3 is 14.2 Å². The van der Waals surface area contributed by atoms with Crippen LogP contribution in [-0.4, -0.2) is 31.9 Å². The van der Waals surface area contributed by atoms with Crippen molar-refractivity contribution >= 4 is 11.9 Å². The monoisotopic (exact) mass is 260 g/mol. The zero-order valence-corrected chi connectivity index (χ0v) is 11.9. The Balaban J connectivity index is 4.10. The van der Waals surface area contributed by atoms with Gasteiger partial charge in [0.05, 0.1) is 25.6 Å². The summed E-state index contributed by atoms with van der Waals surface area (Å²) in [4.78, 5) is 23.0. The van der Waals surface area contributed by atoms with Crippen LogP contribution in [0.4, 0.5) is 0 Å². The molecule has 0 bridgehead atoms. The highest BCUT2D eigenvalue weighted by molar-refractivity contribution is 5.81. The third-order valence-electron chi connectivity index (χ3n) is 2.83. The van der Waals surface area contributed by atoms with E-state index < -0.39 is 30.1 Å². The molecule has 0 radical (unpaired) electrons. The maximum atomic E-state index is 11.7. The molecule has 0 amide bonds. The Labute approximate surface area is 109 Å². The van der Waals surface area contributed by atoms with Gasteiger partial charge in [0.25, 0.3) is 0 Å². The van der Waals surface area contributed by atoms with Gasteiger partial charge in [-0.15, -0.1) is 0 Å². The lowest BCUT2D eigenvalue weighted by Gasteiger charge is -2.20. The molecule has 5 nitrogen and oxygen atoms in total. The molecule has 0 N–H and O–H groups in total. The Morgan fingerprint density at radius 2 is 1.61 bits per heavy atom. The van der Waals surface area contributed by atoms with Crippen molar-refractivity contribution in [1.82, 2.24) is 0 Å². The summed E-state index contributed by atoms with van der Waals surface area (Å²) in [6, 6.07) is 0. The fraction of sp³-hybridized carbons (Fsp3) is 0.846. The summed E-state index contributed by atoms with van der Waals surface area (Å²) in [5.41, 5.74) is 0. The van der Waals surface area contributed by atoms with Crippen molar-refractivity contribution in [3.63, 3.8) is 0 Å². The number of methoxy groups -OCH3 is 1. The molecule has 18 heavy (non-hydrogen) atoms. The van der Waals surface area contributed by atoms with E-state index in [-0.39, 0.29) is 0 Å². The van der Waals surface area contributed by atoms with Gasteiger partial charge in [-0.05, 0) is 13.3 Å². The minimum Gasteiger partial charge on any atom is -0.469 e. The van der Waals surface area contributed by atoms with E-state index in [1.54, 1.807) is 20.8 Å². The highest BCUT2D eigenvalue weighted by atomic mass is 16.7. The molecule has 0 aromatic rings. The summed E-state index contributed by atoms with van der Waals surface area (Å²) in [6.45, 7) is 7.57. The molecule has 0 aromatic heterocycles. The average Bonchev–Trinajstić information content (AvgIpc) is 2.36. The molecule has 0 fully saturated rings. The van der Waals surface area contributed by atoms with Gasteiger partial charge in [0.1, 0.15) is 0 Å². The van der Waals surface area contributed by atoms with Crippen molar-refractivity contribution in [2.45, 2.75) is 46.8 Å². The number of carbonyl (C=O) groups is 2. The fourth-order valence-corrected chi connectivity index (χ4v) is 1.29. The summed E-state index contributed by atoms with van der Waals surface area (Å²) in [7, 11) is 1.30. The van der Waals surface area contributed by atoms with Crippen molar-refractivity contribution < 1.29 is 23.8 Å². The van der Waals surface area contributed by atoms with Gasteiger partial charge in [-0.1, -0.05) is 27.2 Å². The lowest BCUT2D eigenvalue weighted by Crippen LogP contribution is -2.30. The van der Waals surface area contributed by atoms with Crippen LogP contribution >= 0.6 is 0 Å². The van der Waals surface area contributed by atoms with Crippen LogP contribution < -0.4 is 0 Å². The first-order valence-corrected chi connectivity index (χ1v) is 6.33. The number of unbranched alkanes of at least 4 members (excludes halogenated alkanes) is 1. The molecular weight excluding hydrogens is 236 g/mol. The van der Waals surface area contributed by atoms with E-state index in [0.29, 0.717) is 6.61 Å². The molecule has 0 aliphatic rings. The lowest BCUT2D eigenvalue weighted by atomic mass is 9.96. The first kappa shape index (κ1) is 16.9. The second-order valence-corrected chi connectivity index (χ2v) is 4.33.